The normalized spacial score (nSPS) is 11.0. The Labute approximate surface area is 191 Å². The van der Waals surface area contributed by atoms with Gasteiger partial charge in [-0.1, -0.05) is 75.5 Å². The molecule has 144 valence electrons. The number of nitrogens with zero attached hydrogens (tertiary/aromatic N) is 1. The Morgan fingerprint density at radius 3 is 2.39 bits per heavy atom. The Morgan fingerprint density at radius 2 is 1.68 bits per heavy atom. The average molecular weight is 543 g/mol. The lowest BCUT2D eigenvalue weighted by atomic mass is 10.2. The van der Waals surface area contributed by atoms with Crippen LogP contribution in [0.3, 0.4) is 0 Å². The lowest BCUT2D eigenvalue weighted by Gasteiger charge is -2.12. The van der Waals surface area contributed by atoms with Crippen molar-refractivity contribution in [2.24, 2.45) is 5.10 Å². The van der Waals surface area contributed by atoms with Crippen LogP contribution in [0.15, 0.2) is 74.7 Å². The van der Waals surface area contributed by atoms with E-state index in [1.807, 2.05) is 48.5 Å². The number of benzene rings is 3. The van der Waals surface area contributed by atoms with Crippen molar-refractivity contribution in [3.8, 4) is 5.75 Å². The molecule has 0 aliphatic heterocycles. The SMILES string of the molecule is Clc1cccc(Cl)c1CN/N=C\c1cc(Br)cc(Br)c1OCc1ccccc1. The Kier molecular flexibility index (Phi) is 7.80. The molecule has 0 atom stereocenters. The largest absolute Gasteiger partial charge is 0.487 e. The van der Waals surface area contributed by atoms with Crippen molar-refractivity contribution in [2.75, 3.05) is 0 Å². The molecule has 0 unspecified atom stereocenters. The predicted octanol–water partition coefficient (Wildman–Crippen LogP) is 7.22. The van der Waals surface area contributed by atoms with E-state index in [1.165, 1.54) is 0 Å². The van der Waals surface area contributed by atoms with Crippen LogP contribution in [-0.4, -0.2) is 6.21 Å². The van der Waals surface area contributed by atoms with Crippen molar-refractivity contribution < 1.29 is 4.74 Å². The van der Waals surface area contributed by atoms with E-state index < -0.39 is 0 Å². The highest BCUT2D eigenvalue weighted by Crippen LogP contribution is 2.32. The molecule has 3 rings (SSSR count). The Hall–Kier alpha value is -1.53. The van der Waals surface area contributed by atoms with Crippen LogP contribution >= 0.6 is 55.1 Å². The molecule has 0 spiro atoms. The lowest BCUT2D eigenvalue weighted by Crippen LogP contribution is -2.07. The maximum atomic E-state index is 6.18. The van der Waals surface area contributed by atoms with E-state index >= 15 is 0 Å². The van der Waals surface area contributed by atoms with Gasteiger partial charge in [-0.05, 0) is 45.8 Å². The summed E-state index contributed by atoms with van der Waals surface area (Å²) < 4.78 is 7.79. The first-order valence-corrected chi connectivity index (χ1v) is 10.7. The van der Waals surface area contributed by atoms with Crippen molar-refractivity contribution in [3.05, 3.63) is 96.3 Å². The smallest absolute Gasteiger partial charge is 0.142 e. The van der Waals surface area contributed by atoms with Gasteiger partial charge in [-0.25, -0.2) is 0 Å². The van der Waals surface area contributed by atoms with Gasteiger partial charge in [-0.2, -0.15) is 5.10 Å². The van der Waals surface area contributed by atoms with Crippen LogP contribution < -0.4 is 10.2 Å². The molecule has 3 nitrogen and oxygen atoms in total. The molecule has 0 aliphatic rings. The van der Waals surface area contributed by atoms with Crippen molar-refractivity contribution in [2.45, 2.75) is 13.2 Å². The minimum atomic E-state index is 0.421. The van der Waals surface area contributed by atoms with E-state index in [2.05, 4.69) is 42.4 Å². The molecule has 0 radical (unpaired) electrons. The second-order valence-corrected chi connectivity index (χ2v) is 8.46. The third kappa shape index (κ3) is 5.74. The van der Waals surface area contributed by atoms with Crippen molar-refractivity contribution >= 4 is 61.3 Å². The van der Waals surface area contributed by atoms with Gasteiger partial charge in [0.2, 0.25) is 0 Å². The first kappa shape index (κ1) is 21.2. The molecule has 0 saturated carbocycles. The van der Waals surface area contributed by atoms with E-state index in [-0.39, 0.29) is 0 Å². The maximum absolute atomic E-state index is 6.18. The maximum Gasteiger partial charge on any atom is 0.142 e. The van der Waals surface area contributed by atoms with Gasteiger partial charge >= 0.3 is 0 Å². The molecule has 0 heterocycles. The summed E-state index contributed by atoms with van der Waals surface area (Å²) in [4.78, 5) is 0. The molecule has 28 heavy (non-hydrogen) atoms. The topological polar surface area (TPSA) is 33.6 Å². The zero-order valence-corrected chi connectivity index (χ0v) is 19.3. The minimum absolute atomic E-state index is 0.421. The van der Waals surface area contributed by atoms with Gasteiger partial charge in [0.25, 0.3) is 0 Å². The lowest BCUT2D eigenvalue weighted by molar-refractivity contribution is 0.304. The van der Waals surface area contributed by atoms with Crippen LogP contribution in [0.2, 0.25) is 10.0 Å². The number of hydrogen-bond acceptors (Lipinski definition) is 3. The van der Waals surface area contributed by atoms with Crippen LogP contribution in [0.1, 0.15) is 16.7 Å². The van der Waals surface area contributed by atoms with Crippen LogP contribution in [0, 0.1) is 0 Å². The summed E-state index contributed by atoms with van der Waals surface area (Å²) in [5.74, 6) is 0.716. The summed E-state index contributed by atoms with van der Waals surface area (Å²) in [5.41, 5.74) is 5.71. The summed E-state index contributed by atoms with van der Waals surface area (Å²) in [6, 6.07) is 19.3. The van der Waals surface area contributed by atoms with Gasteiger partial charge in [0.05, 0.1) is 17.2 Å². The zero-order valence-electron chi connectivity index (χ0n) is 14.6. The second-order valence-electron chi connectivity index (χ2n) is 5.87. The van der Waals surface area contributed by atoms with E-state index in [0.29, 0.717) is 28.9 Å². The van der Waals surface area contributed by atoms with Crippen molar-refractivity contribution in [1.29, 1.82) is 0 Å². The van der Waals surface area contributed by atoms with Crippen LogP contribution in [0.4, 0.5) is 0 Å². The Bertz CT molecular complexity index is 961. The van der Waals surface area contributed by atoms with Crippen LogP contribution in [0.25, 0.3) is 0 Å². The van der Waals surface area contributed by atoms with Gasteiger partial charge < -0.3 is 10.2 Å². The molecule has 3 aromatic carbocycles. The average Bonchev–Trinajstić information content (AvgIpc) is 2.67. The molecule has 0 saturated heterocycles. The minimum Gasteiger partial charge on any atom is -0.487 e. The van der Waals surface area contributed by atoms with Crippen molar-refractivity contribution in [1.82, 2.24) is 5.43 Å². The van der Waals surface area contributed by atoms with Gasteiger partial charge in [0.1, 0.15) is 12.4 Å². The van der Waals surface area contributed by atoms with E-state index in [4.69, 9.17) is 27.9 Å². The standard InChI is InChI=1S/C21H16Br2Cl2N2O/c22-16-9-15(11-26-27-12-17-19(24)7-4-8-20(17)25)21(18(23)10-16)28-13-14-5-2-1-3-6-14/h1-11,27H,12-13H2/b26-11-. The number of rotatable bonds is 7. The summed E-state index contributed by atoms with van der Waals surface area (Å²) in [6.45, 7) is 0.884. The molecular weight excluding hydrogens is 527 g/mol. The van der Waals surface area contributed by atoms with Crippen LogP contribution in [-0.2, 0) is 13.2 Å². The molecule has 0 aromatic heterocycles. The number of nitrogens with one attached hydrogen (secondary N) is 1. The summed E-state index contributed by atoms with van der Waals surface area (Å²) in [5, 5.41) is 5.51. The number of hydrazone groups is 1. The highest BCUT2D eigenvalue weighted by Gasteiger charge is 2.10. The van der Waals surface area contributed by atoms with Gasteiger partial charge in [0, 0.05) is 25.6 Å². The highest BCUT2D eigenvalue weighted by molar-refractivity contribution is 9.11. The Morgan fingerprint density at radius 1 is 0.964 bits per heavy atom. The fraction of sp³-hybridized carbons (Fsp3) is 0.0952. The van der Waals surface area contributed by atoms with E-state index in [9.17, 15) is 0 Å². The van der Waals surface area contributed by atoms with Gasteiger partial charge in [-0.15, -0.1) is 0 Å². The molecule has 1 N–H and O–H groups in total. The summed E-state index contributed by atoms with van der Waals surface area (Å²) >= 11 is 19.4. The number of halogens is 4. The molecular formula is C21H16Br2Cl2N2O. The first-order valence-electron chi connectivity index (χ1n) is 8.39. The van der Waals surface area contributed by atoms with Gasteiger partial charge in [0.15, 0.2) is 0 Å². The monoisotopic (exact) mass is 540 g/mol. The first-order chi connectivity index (χ1) is 13.5. The number of hydrogen-bond donors (Lipinski definition) is 1. The molecule has 3 aromatic rings. The fourth-order valence-electron chi connectivity index (χ4n) is 2.50. The summed E-state index contributed by atoms with van der Waals surface area (Å²) in [6.07, 6.45) is 1.71. The summed E-state index contributed by atoms with van der Waals surface area (Å²) in [7, 11) is 0. The zero-order chi connectivity index (χ0) is 19.9. The molecule has 0 amide bonds. The van der Waals surface area contributed by atoms with Crippen molar-refractivity contribution in [3.63, 3.8) is 0 Å². The molecule has 0 bridgehead atoms. The van der Waals surface area contributed by atoms with E-state index in [0.717, 1.165) is 25.6 Å². The second kappa shape index (κ2) is 10.3. The molecule has 0 fully saturated rings. The third-order valence-corrected chi connectivity index (χ3v) is 5.63. The number of ether oxygens (including phenoxy) is 1. The molecule has 0 aliphatic carbocycles. The predicted molar refractivity (Wildman–Crippen MR) is 124 cm³/mol. The highest BCUT2D eigenvalue weighted by atomic mass is 79.9. The van der Waals surface area contributed by atoms with Gasteiger partial charge in [-0.3, -0.25) is 0 Å². The molecule has 7 heteroatoms. The Balaban J connectivity index is 1.72. The quantitative estimate of drug-likeness (QED) is 0.252. The van der Waals surface area contributed by atoms with E-state index in [1.54, 1.807) is 18.3 Å². The fourth-order valence-corrected chi connectivity index (χ4v) is 4.40. The third-order valence-electron chi connectivity index (χ3n) is 3.88. The van der Waals surface area contributed by atoms with Crippen LogP contribution in [0.5, 0.6) is 5.75 Å².